The van der Waals surface area contributed by atoms with Crippen molar-refractivity contribution in [3.05, 3.63) is 102 Å². The molecule has 2 aromatic carbocycles. The average Bonchev–Trinajstić information content (AvgIpc) is 3.36. The summed E-state index contributed by atoms with van der Waals surface area (Å²) in [4.78, 5) is 4.33. The van der Waals surface area contributed by atoms with E-state index in [1.54, 1.807) is 0 Å². The normalized spacial score (nSPS) is 22.2. The van der Waals surface area contributed by atoms with Crippen LogP contribution in [0.2, 0.25) is 0 Å². The summed E-state index contributed by atoms with van der Waals surface area (Å²) in [6, 6.07) is 25.3. The summed E-state index contributed by atoms with van der Waals surface area (Å²) in [5.41, 5.74) is 3.92. The first-order valence-corrected chi connectivity index (χ1v) is 8.47. The first-order valence-electron chi connectivity index (χ1n) is 8.47. The van der Waals surface area contributed by atoms with Crippen molar-refractivity contribution in [3.63, 3.8) is 0 Å². The minimum absolute atomic E-state index is 0.0599. The number of benzene rings is 2. The molecule has 1 aromatic heterocycles. The third-order valence-corrected chi connectivity index (χ3v) is 4.90. The van der Waals surface area contributed by atoms with Crippen molar-refractivity contribution in [1.29, 1.82) is 0 Å². The Morgan fingerprint density at radius 3 is 2.25 bits per heavy atom. The highest BCUT2D eigenvalue weighted by atomic mass is 16.5. The highest BCUT2D eigenvalue weighted by Gasteiger charge is 2.56. The predicted octanol–water partition coefficient (Wildman–Crippen LogP) is 4.55. The third-order valence-electron chi connectivity index (χ3n) is 4.90. The van der Waals surface area contributed by atoms with E-state index in [-0.39, 0.29) is 11.5 Å². The number of hydrogen-bond acceptors (Lipinski definition) is 2. The first kappa shape index (κ1) is 15.1. The Balaban J connectivity index is 1.53. The van der Waals surface area contributed by atoms with Crippen molar-refractivity contribution >= 4 is 0 Å². The molecule has 1 aliphatic rings. The van der Waals surface area contributed by atoms with Gasteiger partial charge in [-0.05, 0) is 35.6 Å². The van der Waals surface area contributed by atoms with Crippen LogP contribution in [0.4, 0.5) is 0 Å². The Kier molecular flexibility index (Phi) is 4.14. The lowest BCUT2D eigenvalue weighted by Crippen LogP contribution is -2.18. The van der Waals surface area contributed by atoms with E-state index in [2.05, 4.69) is 65.6 Å². The summed E-state index contributed by atoms with van der Waals surface area (Å²) < 4.78 is 6.25. The lowest BCUT2D eigenvalue weighted by Gasteiger charge is -2.18. The van der Waals surface area contributed by atoms with Gasteiger partial charge in [-0.15, -0.1) is 0 Å². The molecule has 3 aromatic rings. The maximum absolute atomic E-state index is 6.25. The molecule has 0 radical (unpaired) electrons. The fourth-order valence-corrected chi connectivity index (χ4v) is 3.47. The lowest BCUT2D eigenvalue weighted by molar-refractivity contribution is 0.0893. The van der Waals surface area contributed by atoms with E-state index in [4.69, 9.17) is 4.74 Å². The highest BCUT2D eigenvalue weighted by Crippen LogP contribution is 2.52. The molecule has 0 bridgehead atoms. The third kappa shape index (κ3) is 3.10. The van der Waals surface area contributed by atoms with Gasteiger partial charge < -0.3 is 4.74 Å². The zero-order chi connectivity index (χ0) is 16.2. The van der Waals surface area contributed by atoms with E-state index in [0.717, 1.165) is 12.8 Å². The molecular formula is C22H21NO. The zero-order valence-corrected chi connectivity index (χ0v) is 13.6. The zero-order valence-electron chi connectivity index (χ0n) is 13.6. The standard InChI is InChI=1S/C22H21NO/c1-3-8-18(9-4-1)14-22(20-12-7-13-23-16-20)15-21(22)24-17-19-10-5-2-6-11-19/h1-13,16,21H,14-15,17H2. The van der Waals surface area contributed by atoms with Crippen LogP contribution in [0.1, 0.15) is 23.1 Å². The summed E-state index contributed by atoms with van der Waals surface area (Å²) in [7, 11) is 0. The number of pyridine rings is 1. The lowest BCUT2D eigenvalue weighted by atomic mass is 9.89. The second kappa shape index (κ2) is 6.58. The summed E-state index contributed by atoms with van der Waals surface area (Å²) >= 11 is 0. The molecule has 2 unspecified atom stereocenters. The van der Waals surface area contributed by atoms with E-state index >= 15 is 0 Å². The maximum atomic E-state index is 6.25. The van der Waals surface area contributed by atoms with Gasteiger partial charge in [-0.1, -0.05) is 66.7 Å². The van der Waals surface area contributed by atoms with Crippen molar-refractivity contribution in [1.82, 2.24) is 4.98 Å². The van der Waals surface area contributed by atoms with Crippen molar-refractivity contribution in [2.75, 3.05) is 0 Å². The van der Waals surface area contributed by atoms with Gasteiger partial charge >= 0.3 is 0 Å². The van der Waals surface area contributed by atoms with Crippen molar-refractivity contribution < 1.29 is 4.74 Å². The molecule has 120 valence electrons. The number of ether oxygens (including phenoxy) is 1. The molecule has 0 spiro atoms. The van der Waals surface area contributed by atoms with Gasteiger partial charge in [0.05, 0.1) is 12.7 Å². The SMILES string of the molecule is c1ccc(COC2CC2(Cc2ccccc2)c2cccnc2)cc1. The van der Waals surface area contributed by atoms with Crippen molar-refractivity contribution in [3.8, 4) is 0 Å². The first-order chi connectivity index (χ1) is 11.9. The van der Waals surface area contributed by atoms with E-state index < -0.39 is 0 Å². The maximum Gasteiger partial charge on any atom is 0.0721 e. The molecule has 4 rings (SSSR count). The second-order valence-electron chi connectivity index (χ2n) is 6.55. The minimum Gasteiger partial charge on any atom is -0.373 e. The quantitative estimate of drug-likeness (QED) is 0.665. The highest BCUT2D eigenvalue weighted by molar-refractivity contribution is 5.37. The van der Waals surface area contributed by atoms with E-state index in [0.29, 0.717) is 6.61 Å². The Labute approximate surface area is 143 Å². The molecule has 24 heavy (non-hydrogen) atoms. The van der Waals surface area contributed by atoms with Crippen LogP contribution in [0.25, 0.3) is 0 Å². The van der Waals surface area contributed by atoms with Crippen LogP contribution in [-0.2, 0) is 23.2 Å². The van der Waals surface area contributed by atoms with E-state index in [1.807, 2.05) is 24.5 Å². The van der Waals surface area contributed by atoms with Gasteiger partial charge in [-0.3, -0.25) is 4.98 Å². The molecule has 2 heteroatoms. The molecular weight excluding hydrogens is 294 g/mol. The number of rotatable bonds is 6. The molecule has 0 N–H and O–H groups in total. The fraction of sp³-hybridized carbons (Fsp3) is 0.227. The molecule has 0 saturated heterocycles. The molecule has 1 heterocycles. The summed E-state index contributed by atoms with van der Waals surface area (Å²) in [6.45, 7) is 0.669. The molecule has 0 amide bonds. The van der Waals surface area contributed by atoms with Gasteiger partial charge in [-0.2, -0.15) is 0 Å². The van der Waals surface area contributed by atoms with Gasteiger partial charge in [0.15, 0.2) is 0 Å². The Bertz CT molecular complexity index is 771. The Morgan fingerprint density at radius 2 is 1.58 bits per heavy atom. The second-order valence-corrected chi connectivity index (χ2v) is 6.55. The van der Waals surface area contributed by atoms with Crippen LogP contribution in [0.5, 0.6) is 0 Å². The van der Waals surface area contributed by atoms with Crippen LogP contribution < -0.4 is 0 Å². The average molecular weight is 315 g/mol. The largest absolute Gasteiger partial charge is 0.373 e. The summed E-state index contributed by atoms with van der Waals surface area (Å²) in [6.07, 6.45) is 6.14. The molecule has 1 fully saturated rings. The summed E-state index contributed by atoms with van der Waals surface area (Å²) in [5, 5.41) is 0. The van der Waals surface area contributed by atoms with Crippen LogP contribution in [0, 0.1) is 0 Å². The van der Waals surface area contributed by atoms with Crippen molar-refractivity contribution in [2.45, 2.75) is 31.0 Å². The monoisotopic (exact) mass is 315 g/mol. The fourth-order valence-electron chi connectivity index (χ4n) is 3.47. The van der Waals surface area contributed by atoms with Crippen LogP contribution in [-0.4, -0.2) is 11.1 Å². The van der Waals surface area contributed by atoms with Gasteiger partial charge in [0.25, 0.3) is 0 Å². The number of aromatic nitrogens is 1. The Morgan fingerprint density at radius 1 is 0.875 bits per heavy atom. The smallest absolute Gasteiger partial charge is 0.0721 e. The molecule has 2 nitrogen and oxygen atoms in total. The van der Waals surface area contributed by atoms with E-state index in [9.17, 15) is 0 Å². The van der Waals surface area contributed by atoms with Crippen LogP contribution >= 0.6 is 0 Å². The molecule has 1 aliphatic carbocycles. The van der Waals surface area contributed by atoms with Crippen LogP contribution in [0.3, 0.4) is 0 Å². The predicted molar refractivity (Wildman–Crippen MR) is 95.7 cm³/mol. The van der Waals surface area contributed by atoms with Crippen LogP contribution in [0.15, 0.2) is 85.2 Å². The molecule has 2 atom stereocenters. The number of nitrogens with zero attached hydrogens (tertiary/aromatic N) is 1. The van der Waals surface area contributed by atoms with Gasteiger partial charge in [0, 0.05) is 17.8 Å². The van der Waals surface area contributed by atoms with Gasteiger partial charge in [0.1, 0.15) is 0 Å². The summed E-state index contributed by atoms with van der Waals surface area (Å²) in [5.74, 6) is 0. The topological polar surface area (TPSA) is 22.1 Å². The van der Waals surface area contributed by atoms with Crippen molar-refractivity contribution in [2.24, 2.45) is 0 Å². The van der Waals surface area contributed by atoms with Gasteiger partial charge in [0.2, 0.25) is 0 Å². The molecule has 1 saturated carbocycles. The Hall–Kier alpha value is -2.45. The van der Waals surface area contributed by atoms with E-state index in [1.165, 1.54) is 16.7 Å². The van der Waals surface area contributed by atoms with Gasteiger partial charge in [-0.25, -0.2) is 0 Å². The molecule has 0 aliphatic heterocycles. The number of hydrogen-bond donors (Lipinski definition) is 0. The minimum atomic E-state index is 0.0599.